The smallest absolute Gasteiger partial charge is 0.268 e. The van der Waals surface area contributed by atoms with E-state index in [2.05, 4.69) is 68.1 Å². The van der Waals surface area contributed by atoms with Crippen LogP contribution in [0.2, 0.25) is 0 Å². The van der Waals surface area contributed by atoms with Crippen LogP contribution in [0.3, 0.4) is 0 Å². The molecular formula is C60H43N5OPt-2. The zero-order chi connectivity index (χ0) is 53.6. The van der Waals surface area contributed by atoms with E-state index in [4.69, 9.17) is 23.4 Å². The Bertz CT molecular complexity index is 4160. The Balaban J connectivity index is 0.00000672. The number of para-hydroxylation sites is 4. The topological polar surface area (TPSA) is 59.6 Å². The summed E-state index contributed by atoms with van der Waals surface area (Å²) in [5, 5.41) is 12.1. The summed E-state index contributed by atoms with van der Waals surface area (Å²) < 4.78 is 100. The Morgan fingerprint density at radius 3 is 2.06 bits per heavy atom. The Labute approximate surface area is 418 Å². The molecule has 0 bridgehead atoms. The monoisotopic (exact) mass is 1050 g/mol. The van der Waals surface area contributed by atoms with Gasteiger partial charge in [-0.2, -0.15) is 17.4 Å². The van der Waals surface area contributed by atoms with Crippen molar-refractivity contribution in [1.82, 2.24) is 14.1 Å². The van der Waals surface area contributed by atoms with Gasteiger partial charge in [0.2, 0.25) is 0 Å². The molecule has 0 atom stereocenters. The van der Waals surface area contributed by atoms with Crippen LogP contribution in [0.1, 0.15) is 51.2 Å². The van der Waals surface area contributed by atoms with Gasteiger partial charge in [0.1, 0.15) is 5.82 Å². The zero-order valence-electron chi connectivity index (χ0n) is 46.6. The summed E-state index contributed by atoms with van der Waals surface area (Å²) in [4.78, 5) is 4.83. The van der Waals surface area contributed by atoms with E-state index >= 15 is 0 Å². The van der Waals surface area contributed by atoms with Crippen molar-refractivity contribution in [3.63, 3.8) is 0 Å². The SMILES string of the molecule is [2H]c1c([2H])c([2H])c(-c2cccc(-c3c([2H])c([2H])c([2H])c([2H])c3[2H])c2-[n+]2[c-]n(-c3[c-]c(Oc4[c-]c5c(cc4)c4ccccc4n5-c4cc(C(C)(C)C)ccn4)cc(-c4cccc(C#N)c4C)c3)c3ccccc32)c([2H])c1[2H].[Pt]. The average Bonchev–Trinajstić information content (AvgIpc) is 4.04. The molecule has 0 aliphatic heterocycles. The fourth-order valence-corrected chi connectivity index (χ4v) is 8.59. The number of ether oxygens (including phenoxy) is 1. The minimum Gasteiger partial charge on any atom is -0.510 e. The number of fused-ring (bicyclic) bond motifs is 4. The standard InChI is InChI=1S/C60H43N5O.Pt/c1-40-43(38-61)21-15-23-49(40)44-33-46(36-48(34-44)66-47-29-30-53-52-22-11-12-26-54(52)65(57(53)37-47)58-35-45(31-32-62-58)60(2,3)4)63-39-64(56-28-14-13-27-55(56)63)59-50(41-17-7-5-8-18-41)24-16-25-51(59)42-19-9-6-10-20-42;/h5-35H,1-4H3;/q-2;/i5D,6D,7D,8D,9D,10D,17D,18D,19D,20D;. The Morgan fingerprint density at radius 2 is 1.34 bits per heavy atom. The Morgan fingerprint density at radius 1 is 0.672 bits per heavy atom. The van der Waals surface area contributed by atoms with E-state index in [0.717, 1.165) is 44.3 Å². The summed E-state index contributed by atoms with van der Waals surface area (Å²) in [7, 11) is 0. The number of nitrogens with zero attached hydrogens (tertiary/aromatic N) is 5. The van der Waals surface area contributed by atoms with Crippen LogP contribution in [-0.4, -0.2) is 14.1 Å². The van der Waals surface area contributed by atoms with Crippen LogP contribution in [0.5, 0.6) is 11.5 Å². The van der Waals surface area contributed by atoms with Gasteiger partial charge in [-0.15, -0.1) is 35.2 Å². The minimum atomic E-state index is -0.593. The maximum absolute atomic E-state index is 10.2. The summed E-state index contributed by atoms with van der Waals surface area (Å²) in [5.74, 6) is 1.37. The number of pyridine rings is 1. The maximum Gasteiger partial charge on any atom is 0.268 e. The second-order valence-electron chi connectivity index (χ2n) is 16.9. The van der Waals surface area contributed by atoms with Gasteiger partial charge >= 0.3 is 0 Å². The molecule has 11 rings (SSSR count). The number of hydrogen-bond acceptors (Lipinski definition) is 3. The molecule has 0 radical (unpaired) electrons. The molecule has 3 aromatic heterocycles. The second kappa shape index (κ2) is 17.5. The van der Waals surface area contributed by atoms with Gasteiger partial charge in [-0.1, -0.05) is 160 Å². The maximum atomic E-state index is 10.2. The molecule has 11 aromatic rings. The van der Waals surface area contributed by atoms with E-state index in [1.807, 2.05) is 79.9 Å². The number of imidazole rings is 1. The van der Waals surface area contributed by atoms with Crippen molar-refractivity contribution in [2.24, 2.45) is 0 Å². The van der Waals surface area contributed by atoms with E-state index in [-0.39, 0.29) is 60.2 Å². The molecule has 0 spiro atoms. The predicted molar refractivity (Wildman–Crippen MR) is 264 cm³/mol. The molecule has 0 aliphatic rings. The molecule has 3 heterocycles. The van der Waals surface area contributed by atoms with E-state index in [1.54, 1.807) is 45.5 Å². The van der Waals surface area contributed by atoms with Crippen LogP contribution in [0.15, 0.2) is 188 Å². The Kier molecular flexibility index (Phi) is 8.56. The van der Waals surface area contributed by atoms with Gasteiger partial charge in [-0.3, -0.25) is 4.57 Å². The molecule has 8 aromatic carbocycles. The Hall–Kier alpha value is -7.84. The first kappa shape index (κ1) is 32.8. The third-order valence-corrected chi connectivity index (χ3v) is 11.8. The van der Waals surface area contributed by atoms with E-state index in [0.29, 0.717) is 33.6 Å². The van der Waals surface area contributed by atoms with Crippen LogP contribution in [0.25, 0.3) is 83.4 Å². The molecule has 0 fully saturated rings. The van der Waals surface area contributed by atoms with E-state index < -0.39 is 60.4 Å². The van der Waals surface area contributed by atoms with Crippen LogP contribution in [-0.2, 0) is 26.5 Å². The number of rotatable bonds is 8. The third kappa shape index (κ3) is 7.82. The predicted octanol–water partition coefficient (Wildman–Crippen LogP) is 14.1. The number of aromatic nitrogens is 4. The van der Waals surface area contributed by atoms with Gasteiger partial charge < -0.3 is 13.9 Å². The summed E-state index contributed by atoms with van der Waals surface area (Å²) in [5.41, 5.74) is 6.71. The fraction of sp³-hybridized carbons (Fsp3) is 0.0833. The molecular weight excluding hydrogens is 1000 g/mol. The first-order valence-corrected chi connectivity index (χ1v) is 21.3. The van der Waals surface area contributed by atoms with E-state index in [9.17, 15) is 5.26 Å². The largest absolute Gasteiger partial charge is 0.510 e. The first-order valence-electron chi connectivity index (χ1n) is 26.3. The fourth-order valence-electron chi connectivity index (χ4n) is 8.59. The van der Waals surface area contributed by atoms with Crippen LogP contribution in [0, 0.1) is 36.7 Å². The molecule has 0 saturated carbocycles. The van der Waals surface area contributed by atoms with Gasteiger partial charge in [0, 0.05) is 44.3 Å². The number of benzene rings is 8. The van der Waals surface area contributed by atoms with Crippen LogP contribution >= 0.6 is 0 Å². The zero-order valence-corrected chi connectivity index (χ0v) is 38.9. The quantitative estimate of drug-likeness (QED) is 0.113. The molecule has 7 heteroatoms. The van der Waals surface area contributed by atoms with Crippen molar-refractivity contribution in [3.8, 4) is 68.1 Å². The molecule has 0 saturated heterocycles. The third-order valence-electron chi connectivity index (χ3n) is 11.8. The second-order valence-corrected chi connectivity index (χ2v) is 16.9. The first-order chi connectivity index (χ1) is 36.4. The van der Waals surface area contributed by atoms with Gasteiger partial charge in [0.15, 0.2) is 0 Å². The summed E-state index contributed by atoms with van der Waals surface area (Å²) in [6, 6.07) is 41.0. The molecule has 326 valence electrons. The van der Waals surface area contributed by atoms with Crippen molar-refractivity contribution in [1.29, 1.82) is 5.26 Å². The van der Waals surface area contributed by atoms with Crippen molar-refractivity contribution in [3.05, 3.63) is 223 Å². The van der Waals surface area contributed by atoms with Gasteiger partial charge in [-0.25, -0.2) is 4.98 Å². The van der Waals surface area contributed by atoms with Crippen molar-refractivity contribution >= 4 is 32.8 Å². The molecule has 0 aliphatic carbocycles. The van der Waals surface area contributed by atoms with Crippen molar-refractivity contribution < 1.29 is 44.1 Å². The molecule has 0 amide bonds. The van der Waals surface area contributed by atoms with Crippen molar-refractivity contribution in [2.45, 2.75) is 33.1 Å². The molecule has 6 nitrogen and oxygen atoms in total. The van der Waals surface area contributed by atoms with Crippen LogP contribution < -0.4 is 9.30 Å². The average molecular weight is 1060 g/mol. The molecule has 67 heavy (non-hydrogen) atoms. The van der Waals surface area contributed by atoms with Gasteiger partial charge in [-0.05, 0) is 86.6 Å². The minimum absolute atomic E-state index is 0. The number of nitriles is 1. The normalized spacial score (nSPS) is 13.5. The summed E-state index contributed by atoms with van der Waals surface area (Å²) in [6.45, 7) is 8.35. The summed E-state index contributed by atoms with van der Waals surface area (Å²) in [6.07, 6.45) is 5.28. The number of hydrogen-bond donors (Lipinski definition) is 0. The summed E-state index contributed by atoms with van der Waals surface area (Å²) >= 11 is 0. The van der Waals surface area contributed by atoms with E-state index in [1.165, 1.54) is 0 Å². The molecule has 0 N–H and O–H groups in total. The molecule has 0 unspecified atom stereocenters. The van der Waals surface area contributed by atoms with Gasteiger partial charge in [0.25, 0.3) is 6.33 Å². The van der Waals surface area contributed by atoms with Crippen LogP contribution in [0.4, 0.5) is 0 Å². The van der Waals surface area contributed by atoms with Crippen molar-refractivity contribution in [2.75, 3.05) is 0 Å². The van der Waals surface area contributed by atoms with Gasteiger partial charge in [0.05, 0.1) is 42.1 Å².